The lowest BCUT2D eigenvalue weighted by Gasteiger charge is -2.39. The molecule has 3 aromatic rings. The van der Waals surface area contributed by atoms with Gasteiger partial charge in [0.25, 0.3) is 0 Å². The minimum atomic E-state index is -1.96. The van der Waals surface area contributed by atoms with Crippen molar-refractivity contribution >= 4 is 59.5 Å². The van der Waals surface area contributed by atoms with Crippen LogP contribution in [-0.4, -0.2) is 47.3 Å². The number of nitrogens with zero attached hydrogens (tertiary/aromatic N) is 2. The van der Waals surface area contributed by atoms with Gasteiger partial charge in [0.05, 0.1) is 0 Å². The number of carboxylic acid groups (broad SMARTS) is 1. The molecule has 0 unspecified atom stereocenters. The Morgan fingerprint density at radius 3 is 1.75 bits per heavy atom. The van der Waals surface area contributed by atoms with E-state index in [-0.39, 0.29) is 18.3 Å². The Hall–Kier alpha value is -2.28. The zero-order valence-corrected chi connectivity index (χ0v) is 22.3. The van der Waals surface area contributed by atoms with Crippen molar-refractivity contribution in [3.05, 3.63) is 68.9 Å². The van der Waals surface area contributed by atoms with Crippen LogP contribution in [0, 0.1) is 6.92 Å². The highest BCUT2D eigenvalue weighted by Crippen LogP contribution is 2.41. The quantitative estimate of drug-likeness (QED) is 0.546. The largest absolute Gasteiger partial charge is 0.477 e. The van der Waals surface area contributed by atoms with Crippen LogP contribution in [0.2, 0.25) is 13.1 Å². The van der Waals surface area contributed by atoms with Crippen molar-refractivity contribution in [1.29, 1.82) is 0 Å². The van der Waals surface area contributed by atoms with E-state index in [2.05, 4.69) is 92.9 Å². The van der Waals surface area contributed by atoms with Crippen LogP contribution in [-0.2, 0) is 0 Å². The summed E-state index contributed by atoms with van der Waals surface area (Å²) in [6.45, 7) is 6.82. The lowest BCUT2D eigenvalue weighted by molar-refractivity contribution is 0.0701. The molecule has 0 atom stereocenters. The second-order valence-corrected chi connectivity index (χ2v) is 14.5. The number of benzene rings is 2. The first-order valence-electron chi connectivity index (χ1n) is 10.5. The van der Waals surface area contributed by atoms with Crippen molar-refractivity contribution in [3.63, 3.8) is 0 Å². The predicted molar refractivity (Wildman–Crippen MR) is 142 cm³/mol. The average Bonchev–Trinajstić information content (AvgIpc) is 3.09. The van der Waals surface area contributed by atoms with Crippen LogP contribution in [0.1, 0.15) is 37.8 Å². The van der Waals surface area contributed by atoms with Gasteiger partial charge in [0, 0.05) is 45.5 Å². The zero-order valence-electron chi connectivity index (χ0n) is 19.7. The van der Waals surface area contributed by atoms with Crippen LogP contribution in [0.3, 0.4) is 0 Å². The van der Waals surface area contributed by atoms with Gasteiger partial charge >= 0.3 is 5.97 Å². The number of rotatable bonds is 4. The summed E-state index contributed by atoms with van der Waals surface area (Å²) >= 11 is 1.34. The molecule has 7 heteroatoms. The molecular weight excluding hydrogens is 456 g/mol. The lowest BCUT2D eigenvalue weighted by Crippen LogP contribution is -2.59. The number of hydrogen-bond acceptors (Lipinski definition) is 4. The SMILES string of the molecule is Cc1c(C2c3ccc(N(C)C)cc3[Si](C)(C)c3cc(N(C)C)ccc32)csc1C(=O)O.Cl. The van der Waals surface area contributed by atoms with Crippen LogP contribution in [0.25, 0.3) is 0 Å². The van der Waals surface area contributed by atoms with Crippen LogP contribution < -0.4 is 20.2 Å². The molecule has 32 heavy (non-hydrogen) atoms. The fourth-order valence-corrected chi connectivity index (χ4v) is 8.96. The summed E-state index contributed by atoms with van der Waals surface area (Å²) in [5, 5.41) is 14.6. The summed E-state index contributed by atoms with van der Waals surface area (Å²) in [6, 6.07) is 13.6. The number of hydrogen-bond donors (Lipinski definition) is 1. The van der Waals surface area contributed by atoms with Gasteiger partial charge in [-0.2, -0.15) is 0 Å². The Bertz CT molecular complexity index is 1130. The highest BCUT2D eigenvalue weighted by atomic mass is 35.5. The lowest BCUT2D eigenvalue weighted by atomic mass is 9.83. The number of fused-ring (bicyclic) bond motifs is 2. The summed E-state index contributed by atoms with van der Waals surface area (Å²) in [7, 11) is 6.36. The van der Waals surface area contributed by atoms with E-state index in [9.17, 15) is 9.90 Å². The number of carboxylic acids is 1. The number of aromatic carboxylic acids is 1. The molecule has 0 saturated carbocycles. The van der Waals surface area contributed by atoms with Gasteiger partial charge in [-0.25, -0.2) is 4.79 Å². The summed E-state index contributed by atoms with van der Waals surface area (Å²) < 4.78 is 0. The van der Waals surface area contributed by atoms with E-state index in [0.717, 1.165) is 11.1 Å². The monoisotopic (exact) mass is 486 g/mol. The van der Waals surface area contributed by atoms with E-state index in [4.69, 9.17) is 0 Å². The first-order valence-corrected chi connectivity index (χ1v) is 14.4. The third-order valence-electron chi connectivity index (χ3n) is 6.66. The van der Waals surface area contributed by atoms with Crippen molar-refractivity contribution in [2.75, 3.05) is 38.0 Å². The smallest absolute Gasteiger partial charge is 0.346 e. The third kappa shape index (κ3) is 3.74. The molecule has 0 fully saturated rings. The molecular formula is C25H31ClN2O2SSi. The Kier molecular flexibility index (Phi) is 6.53. The fraction of sp³-hybridized carbons (Fsp3) is 0.320. The van der Waals surface area contributed by atoms with Crippen molar-refractivity contribution in [3.8, 4) is 0 Å². The summed E-state index contributed by atoms with van der Waals surface area (Å²) in [6.07, 6.45) is 0. The topological polar surface area (TPSA) is 43.8 Å². The molecule has 1 aliphatic heterocycles. The molecule has 0 bridgehead atoms. The normalized spacial score (nSPS) is 14.2. The van der Waals surface area contributed by atoms with Crippen LogP contribution in [0.4, 0.5) is 11.4 Å². The second kappa shape index (κ2) is 8.58. The van der Waals surface area contributed by atoms with Crippen molar-refractivity contribution < 1.29 is 9.90 Å². The van der Waals surface area contributed by atoms with E-state index in [1.54, 1.807) is 0 Å². The maximum Gasteiger partial charge on any atom is 0.346 e. The molecule has 0 amide bonds. The van der Waals surface area contributed by atoms with E-state index in [1.165, 1.54) is 44.2 Å². The van der Waals surface area contributed by atoms with Crippen LogP contribution in [0.5, 0.6) is 0 Å². The van der Waals surface area contributed by atoms with Crippen molar-refractivity contribution in [1.82, 2.24) is 0 Å². The van der Waals surface area contributed by atoms with Gasteiger partial charge in [0.15, 0.2) is 0 Å². The van der Waals surface area contributed by atoms with E-state index in [0.29, 0.717) is 4.88 Å². The Labute approximate surface area is 201 Å². The first-order chi connectivity index (χ1) is 14.5. The minimum Gasteiger partial charge on any atom is -0.477 e. The molecule has 0 radical (unpaired) electrons. The van der Waals surface area contributed by atoms with Gasteiger partial charge in [-0.1, -0.05) is 25.2 Å². The number of anilines is 2. The van der Waals surface area contributed by atoms with Crippen LogP contribution in [0.15, 0.2) is 41.8 Å². The Morgan fingerprint density at radius 1 is 0.906 bits per heavy atom. The molecule has 0 aliphatic carbocycles. The Morgan fingerprint density at radius 2 is 1.38 bits per heavy atom. The van der Waals surface area contributed by atoms with Gasteiger partial charge in [-0.15, -0.1) is 23.7 Å². The summed E-state index contributed by atoms with van der Waals surface area (Å²) in [5.74, 6) is -0.784. The maximum absolute atomic E-state index is 11.8. The molecule has 170 valence electrons. The number of carbonyl (C=O) groups is 1. The molecule has 2 heterocycles. The molecule has 1 N–H and O–H groups in total. The summed E-state index contributed by atoms with van der Waals surface area (Å²) in [5.41, 5.74) is 7.06. The van der Waals surface area contributed by atoms with Gasteiger partial charge < -0.3 is 14.9 Å². The first kappa shape index (κ1) is 24.4. The molecule has 0 spiro atoms. The predicted octanol–water partition coefficient (Wildman–Crippen LogP) is 4.62. The third-order valence-corrected chi connectivity index (χ3v) is 11.3. The standard InChI is InChI=1S/C25H30N2O2SSi.ClH/c1-15-20(14-30-24(15)25(28)29)23-18-10-8-16(26(2)3)12-21(18)31(6,7)22-13-17(27(4)5)9-11-19(22)23;/h8-14,23H,1-7H3,(H,28,29);1H. The van der Waals surface area contributed by atoms with Gasteiger partial charge in [-0.05, 0) is 69.2 Å². The Balaban J connectivity index is 0.00000289. The highest BCUT2D eigenvalue weighted by Gasteiger charge is 2.41. The molecule has 1 aromatic heterocycles. The fourth-order valence-electron chi connectivity index (χ4n) is 4.80. The molecule has 0 saturated heterocycles. The van der Waals surface area contributed by atoms with E-state index in [1.807, 2.05) is 6.92 Å². The van der Waals surface area contributed by atoms with E-state index < -0.39 is 14.0 Å². The second-order valence-electron chi connectivity index (χ2n) is 9.34. The maximum atomic E-state index is 11.8. The number of halogens is 1. The zero-order chi connectivity index (χ0) is 22.7. The molecule has 2 aromatic carbocycles. The minimum absolute atomic E-state index is 0. The van der Waals surface area contributed by atoms with E-state index >= 15 is 0 Å². The molecule has 4 nitrogen and oxygen atoms in total. The number of thiophene rings is 1. The van der Waals surface area contributed by atoms with Gasteiger partial charge in [0.2, 0.25) is 0 Å². The summed E-state index contributed by atoms with van der Waals surface area (Å²) in [4.78, 5) is 16.5. The van der Waals surface area contributed by atoms with Crippen LogP contribution >= 0.6 is 23.7 Å². The molecule has 1 aliphatic rings. The van der Waals surface area contributed by atoms with Gasteiger partial charge in [-0.3, -0.25) is 0 Å². The molecule has 4 rings (SSSR count). The van der Waals surface area contributed by atoms with Gasteiger partial charge in [0.1, 0.15) is 13.0 Å². The van der Waals surface area contributed by atoms with Crippen molar-refractivity contribution in [2.24, 2.45) is 0 Å². The highest BCUT2D eigenvalue weighted by molar-refractivity contribution is 7.12. The average molecular weight is 487 g/mol. The van der Waals surface area contributed by atoms with Crippen molar-refractivity contribution in [2.45, 2.75) is 25.9 Å².